The molecule has 1 amide bonds. The first kappa shape index (κ1) is 21.1. The molecule has 2 fully saturated rings. The molecule has 8 nitrogen and oxygen atoms in total. The third-order valence-electron chi connectivity index (χ3n) is 6.00. The Morgan fingerprint density at radius 1 is 0.939 bits per heavy atom. The minimum absolute atomic E-state index is 0.00974. The van der Waals surface area contributed by atoms with E-state index in [0.717, 1.165) is 5.69 Å². The van der Waals surface area contributed by atoms with Gasteiger partial charge in [0.25, 0.3) is 5.91 Å². The highest BCUT2D eigenvalue weighted by Gasteiger charge is 2.32. The minimum atomic E-state index is -0.958. The molecule has 0 spiro atoms. The number of carbonyl (C=O) groups excluding carboxylic acids is 1. The number of benzene rings is 2. The third kappa shape index (κ3) is 4.29. The monoisotopic (exact) mass is 447 g/mol. The van der Waals surface area contributed by atoms with Crippen LogP contribution in [-0.2, 0) is 4.74 Å². The molecule has 3 aromatic rings. The molecule has 0 radical (unpaired) electrons. The number of anilines is 1. The van der Waals surface area contributed by atoms with E-state index in [0.29, 0.717) is 56.4 Å². The van der Waals surface area contributed by atoms with Crippen LogP contribution in [0.4, 0.5) is 5.69 Å². The van der Waals surface area contributed by atoms with Gasteiger partial charge in [0, 0.05) is 31.0 Å². The lowest BCUT2D eigenvalue weighted by Gasteiger charge is -2.41. The first-order valence-corrected chi connectivity index (χ1v) is 11.0. The number of ether oxygens (including phenoxy) is 2. The second-order valence-electron chi connectivity index (χ2n) is 8.14. The van der Waals surface area contributed by atoms with Crippen molar-refractivity contribution in [3.63, 3.8) is 0 Å². The van der Waals surface area contributed by atoms with Crippen molar-refractivity contribution in [2.45, 2.75) is 6.10 Å². The lowest BCUT2D eigenvalue weighted by atomic mass is 10.1. The molecule has 0 bridgehead atoms. The molecule has 0 atom stereocenters. The summed E-state index contributed by atoms with van der Waals surface area (Å²) < 4.78 is 13.2. The standard InChI is InChI=1S/C25H25N3O5/c29-24(27-12-14-32-15-13-27)18-6-8-19(9-7-18)33-20-16-28(17-20)22-5-3-4-21(25(30)31)23(22)26-10-1-2-11-26/h1-11,20H,12-17H2,(H,30,31). The van der Waals surface area contributed by atoms with Gasteiger partial charge < -0.3 is 28.9 Å². The zero-order valence-electron chi connectivity index (χ0n) is 18.1. The van der Waals surface area contributed by atoms with Crippen LogP contribution in [0.3, 0.4) is 0 Å². The maximum atomic E-state index is 12.6. The molecule has 33 heavy (non-hydrogen) atoms. The van der Waals surface area contributed by atoms with Crippen LogP contribution in [0.1, 0.15) is 20.7 Å². The summed E-state index contributed by atoms with van der Waals surface area (Å²) in [7, 11) is 0. The van der Waals surface area contributed by atoms with Crippen LogP contribution in [0.2, 0.25) is 0 Å². The van der Waals surface area contributed by atoms with Gasteiger partial charge in [-0.3, -0.25) is 4.79 Å². The SMILES string of the molecule is O=C(O)c1cccc(N2CC(Oc3ccc(C(=O)N4CCOCC4)cc3)C2)c1-n1cccc1. The number of aromatic nitrogens is 1. The Labute approximate surface area is 191 Å². The van der Waals surface area contributed by atoms with Gasteiger partial charge in [-0.2, -0.15) is 0 Å². The van der Waals surface area contributed by atoms with Gasteiger partial charge >= 0.3 is 5.97 Å². The zero-order valence-corrected chi connectivity index (χ0v) is 18.1. The number of carbonyl (C=O) groups is 2. The highest BCUT2D eigenvalue weighted by atomic mass is 16.5. The van der Waals surface area contributed by atoms with Gasteiger partial charge in [0.05, 0.1) is 43.2 Å². The Kier molecular flexibility index (Phi) is 5.75. The number of nitrogens with zero attached hydrogens (tertiary/aromatic N) is 3. The Hall–Kier alpha value is -3.78. The minimum Gasteiger partial charge on any atom is -0.487 e. The molecule has 0 unspecified atom stereocenters. The lowest BCUT2D eigenvalue weighted by molar-refractivity contribution is 0.0303. The van der Waals surface area contributed by atoms with Gasteiger partial charge in [0.15, 0.2) is 0 Å². The van der Waals surface area contributed by atoms with Gasteiger partial charge in [0.2, 0.25) is 0 Å². The largest absolute Gasteiger partial charge is 0.487 e. The summed E-state index contributed by atoms with van der Waals surface area (Å²) >= 11 is 0. The molecule has 1 aromatic heterocycles. The summed E-state index contributed by atoms with van der Waals surface area (Å²) in [6.07, 6.45) is 3.68. The Morgan fingerprint density at radius 2 is 1.64 bits per heavy atom. The quantitative estimate of drug-likeness (QED) is 0.626. The number of amides is 1. The highest BCUT2D eigenvalue weighted by molar-refractivity contribution is 5.95. The van der Waals surface area contributed by atoms with Crippen molar-refractivity contribution in [2.75, 3.05) is 44.3 Å². The first-order valence-electron chi connectivity index (χ1n) is 11.0. The summed E-state index contributed by atoms with van der Waals surface area (Å²) in [6, 6.07) is 16.3. The van der Waals surface area contributed by atoms with E-state index in [4.69, 9.17) is 9.47 Å². The van der Waals surface area contributed by atoms with Crippen LogP contribution in [0.5, 0.6) is 5.75 Å². The predicted octanol–water partition coefficient (Wildman–Crippen LogP) is 2.92. The molecule has 0 saturated carbocycles. The van der Waals surface area contributed by atoms with Crippen LogP contribution >= 0.6 is 0 Å². The third-order valence-corrected chi connectivity index (χ3v) is 6.00. The molecular weight excluding hydrogens is 422 g/mol. The number of carboxylic acid groups (broad SMARTS) is 1. The Morgan fingerprint density at radius 3 is 2.30 bits per heavy atom. The number of rotatable bonds is 6. The van der Waals surface area contributed by atoms with E-state index in [-0.39, 0.29) is 17.6 Å². The van der Waals surface area contributed by atoms with Crippen LogP contribution in [0.25, 0.3) is 5.69 Å². The molecule has 0 aliphatic carbocycles. The van der Waals surface area contributed by atoms with Crippen LogP contribution in [-0.4, -0.2) is 71.9 Å². The van der Waals surface area contributed by atoms with Crippen molar-refractivity contribution in [1.82, 2.24) is 9.47 Å². The molecule has 8 heteroatoms. The molecule has 2 aliphatic rings. The number of morpholine rings is 1. The zero-order chi connectivity index (χ0) is 22.8. The van der Waals surface area contributed by atoms with Gasteiger partial charge in [-0.1, -0.05) is 6.07 Å². The molecular formula is C25H25N3O5. The first-order chi connectivity index (χ1) is 16.1. The maximum absolute atomic E-state index is 12.6. The van der Waals surface area contributed by atoms with Crippen LogP contribution in [0, 0.1) is 0 Å². The van der Waals surface area contributed by atoms with Crippen LogP contribution < -0.4 is 9.64 Å². The van der Waals surface area contributed by atoms with Gasteiger partial charge in [0.1, 0.15) is 11.9 Å². The van der Waals surface area contributed by atoms with Gasteiger partial charge in [-0.05, 0) is 48.5 Å². The summed E-state index contributed by atoms with van der Waals surface area (Å²) in [5.74, 6) is -0.237. The van der Waals surface area contributed by atoms with Crippen molar-refractivity contribution in [2.24, 2.45) is 0 Å². The average Bonchev–Trinajstić information content (AvgIpc) is 3.36. The van der Waals surface area contributed by atoms with E-state index in [1.54, 1.807) is 29.2 Å². The van der Waals surface area contributed by atoms with E-state index in [9.17, 15) is 14.7 Å². The molecule has 170 valence electrons. The fourth-order valence-electron chi connectivity index (χ4n) is 4.24. The van der Waals surface area contributed by atoms with E-state index in [1.165, 1.54) is 0 Å². The maximum Gasteiger partial charge on any atom is 0.337 e. The second-order valence-corrected chi connectivity index (χ2v) is 8.14. The normalized spacial score (nSPS) is 16.4. The Balaban J connectivity index is 1.24. The summed E-state index contributed by atoms with van der Waals surface area (Å²) in [5.41, 5.74) is 2.41. The van der Waals surface area contributed by atoms with Crippen molar-refractivity contribution in [3.05, 3.63) is 78.1 Å². The van der Waals surface area contributed by atoms with Gasteiger partial charge in [-0.15, -0.1) is 0 Å². The predicted molar refractivity (Wildman–Crippen MR) is 123 cm³/mol. The fourth-order valence-corrected chi connectivity index (χ4v) is 4.24. The van der Waals surface area contributed by atoms with E-state index >= 15 is 0 Å². The summed E-state index contributed by atoms with van der Waals surface area (Å²) in [4.78, 5) is 28.3. The fraction of sp³-hybridized carbons (Fsp3) is 0.280. The van der Waals surface area contributed by atoms with E-state index in [2.05, 4.69) is 4.90 Å². The van der Waals surface area contributed by atoms with E-state index in [1.807, 2.05) is 47.3 Å². The number of hydrogen-bond acceptors (Lipinski definition) is 5. The average molecular weight is 447 g/mol. The number of carboxylic acids is 1. The molecule has 2 aliphatic heterocycles. The number of aromatic carboxylic acids is 1. The molecule has 2 saturated heterocycles. The van der Waals surface area contributed by atoms with Crippen molar-refractivity contribution in [3.8, 4) is 11.4 Å². The second kappa shape index (κ2) is 8.99. The highest BCUT2D eigenvalue weighted by Crippen LogP contribution is 2.32. The van der Waals surface area contributed by atoms with E-state index < -0.39 is 5.97 Å². The number of hydrogen-bond donors (Lipinski definition) is 1. The van der Waals surface area contributed by atoms with Crippen molar-refractivity contribution >= 4 is 17.6 Å². The molecule has 5 rings (SSSR count). The summed E-state index contributed by atoms with van der Waals surface area (Å²) in [6.45, 7) is 3.67. The van der Waals surface area contributed by atoms with Gasteiger partial charge in [-0.25, -0.2) is 4.79 Å². The van der Waals surface area contributed by atoms with Crippen molar-refractivity contribution in [1.29, 1.82) is 0 Å². The molecule has 3 heterocycles. The topological polar surface area (TPSA) is 84.2 Å². The lowest BCUT2D eigenvalue weighted by Crippen LogP contribution is -2.54. The Bertz CT molecular complexity index is 1130. The summed E-state index contributed by atoms with van der Waals surface area (Å²) in [5, 5.41) is 9.66. The van der Waals surface area contributed by atoms with Crippen molar-refractivity contribution < 1.29 is 24.2 Å². The smallest absolute Gasteiger partial charge is 0.337 e. The molecule has 1 N–H and O–H groups in total. The molecule has 2 aromatic carbocycles. The number of para-hydroxylation sites is 1. The van der Waals surface area contributed by atoms with Crippen LogP contribution in [0.15, 0.2) is 67.0 Å².